The highest BCUT2D eigenvalue weighted by Crippen LogP contribution is 2.06. The molecular formula is C8H16N2O4S. The van der Waals surface area contributed by atoms with Crippen molar-refractivity contribution in [2.24, 2.45) is 5.92 Å². The molecule has 0 aliphatic rings. The molecule has 0 spiro atoms. The summed E-state index contributed by atoms with van der Waals surface area (Å²) in [5.41, 5.74) is 4.62. The van der Waals surface area contributed by atoms with E-state index in [4.69, 9.17) is 4.55 Å². The smallest absolute Gasteiger partial charge is 0.282 e. The summed E-state index contributed by atoms with van der Waals surface area (Å²) in [7, 11) is -4.24. The molecule has 0 rings (SSSR count). The minimum atomic E-state index is -4.24. The second kappa shape index (κ2) is 5.24. The highest BCUT2D eigenvalue weighted by Gasteiger charge is 2.26. The Bertz CT molecular complexity index is 348. The van der Waals surface area contributed by atoms with Crippen LogP contribution >= 0.6 is 0 Å². The summed E-state index contributed by atoms with van der Waals surface area (Å²) in [6, 6.07) is 0. The second-order valence-electron chi connectivity index (χ2n) is 3.56. The highest BCUT2D eigenvalue weighted by molar-refractivity contribution is 7.86. The van der Waals surface area contributed by atoms with E-state index in [9.17, 15) is 13.2 Å². The fourth-order valence-corrected chi connectivity index (χ4v) is 1.72. The van der Waals surface area contributed by atoms with Gasteiger partial charge in [0.1, 0.15) is 0 Å². The van der Waals surface area contributed by atoms with Crippen LogP contribution in [0.25, 0.3) is 0 Å². The Morgan fingerprint density at radius 2 is 1.87 bits per heavy atom. The summed E-state index contributed by atoms with van der Waals surface area (Å²) in [6.07, 6.45) is 0. The van der Waals surface area contributed by atoms with Gasteiger partial charge in [0.15, 0.2) is 5.37 Å². The molecule has 0 heterocycles. The zero-order valence-electron chi connectivity index (χ0n) is 8.94. The lowest BCUT2D eigenvalue weighted by atomic mass is 10.2. The molecule has 0 aromatic carbocycles. The summed E-state index contributed by atoms with van der Waals surface area (Å²) in [6.45, 7) is 8.05. The number of amides is 1. The van der Waals surface area contributed by atoms with Crippen molar-refractivity contribution in [3.8, 4) is 0 Å². The Labute approximate surface area is 89.5 Å². The standard InChI is InChI=1S/C8H16N2O4S/c1-5(2)7(11)9-10-8(6(3)4)15(12,13)14/h6,8,10H,1H2,2-4H3,(H,9,11)(H,12,13,14). The number of hydrazine groups is 1. The average molecular weight is 236 g/mol. The van der Waals surface area contributed by atoms with Crippen molar-refractivity contribution >= 4 is 16.0 Å². The largest absolute Gasteiger partial charge is 0.286 e. The van der Waals surface area contributed by atoms with Crippen LogP contribution in [-0.2, 0) is 14.9 Å². The number of hydrogen-bond donors (Lipinski definition) is 3. The molecule has 0 aromatic heterocycles. The fourth-order valence-electron chi connectivity index (χ4n) is 0.828. The minimum Gasteiger partial charge on any atom is -0.286 e. The van der Waals surface area contributed by atoms with Gasteiger partial charge in [-0.2, -0.15) is 8.42 Å². The molecule has 0 aliphatic carbocycles. The molecule has 0 saturated carbocycles. The van der Waals surface area contributed by atoms with Crippen LogP contribution in [0.3, 0.4) is 0 Å². The number of nitrogens with one attached hydrogen (secondary N) is 2. The van der Waals surface area contributed by atoms with E-state index in [0.29, 0.717) is 0 Å². The molecule has 3 N–H and O–H groups in total. The third-order valence-electron chi connectivity index (χ3n) is 1.64. The minimum absolute atomic E-state index is 0.236. The first-order chi connectivity index (χ1) is 6.66. The molecule has 15 heavy (non-hydrogen) atoms. The maximum Gasteiger partial charge on any atom is 0.282 e. The summed E-state index contributed by atoms with van der Waals surface area (Å²) in [5, 5.41) is -1.24. The van der Waals surface area contributed by atoms with Crippen LogP contribution in [0, 0.1) is 5.92 Å². The molecule has 0 saturated heterocycles. The topological polar surface area (TPSA) is 95.5 Å². The normalized spacial score (nSPS) is 13.7. The molecule has 1 amide bonds. The predicted octanol–water partition coefficient (Wildman–Crippen LogP) is 0.0532. The Morgan fingerprint density at radius 1 is 1.40 bits per heavy atom. The lowest BCUT2D eigenvalue weighted by molar-refractivity contribution is -0.118. The van der Waals surface area contributed by atoms with Crippen molar-refractivity contribution < 1.29 is 17.8 Å². The zero-order valence-corrected chi connectivity index (χ0v) is 9.76. The third-order valence-corrected chi connectivity index (χ3v) is 2.95. The first kappa shape index (κ1) is 14.1. The molecule has 0 aliphatic heterocycles. The van der Waals surface area contributed by atoms with Crippen molar-refractivity contribution in [1.29, 1.82) is 0 Å². The Balaban J connectivity index is 4.47. The van der Waals surface area contributed by atoms with Gasteiger partial charge in [0.2, 0.25) is 0 Å². The van der Waals surface area contributed by atoms with Crippen molar-refractivity contribution in [3.63, 3.8) is 0 Å². The average Bonchev–Trinajstić information content (AvgIpc) is 2.00. The summed E-state index contributed by atoms with van der Waals surface area (Å²) >= 11 is 0. The van der Waals surface area contributed by atoms with Crippen LogP contribution in [0.15, 0.2) is 12.2 Å². The van der Waals surface area contributed by atoms with Gasteiger partial charge >= 0.3 is 0 Å². The van der Waals surface area contributed by atoms with E-state index in [1.54, 1.807) is 13.8 Å². The predicted molar refractivity (Wildman–Crippen MR) is 56.3 cm³/mol. The number of rotatable bonds is 5. The molecule has 0 radical (unpaired) electrons. The van der Waals surface area contributed by atoms with E-state index in [1.165, 1.54) is 6.92 Å². The SMILES string of the molecule is C=C(C)C(=O)NNC(C(C)C)S(=O)(=O)O. The lowest BCUT2D eigenvalue weighted by Gasteiger charge is -2.19. The number of carbonyl (C=O) groups is 1. The number of carbonyl (C=O) groups excluding carboxylic acids is 1. The van der Waals surface area contributed by atoms with Crippen molar-refractivity contribution in [2.45, 2.75) is 26.1 Å². The van der Waals surface area contributed by atoms with E-state index < -0.39 is 21.4 Å². The van der Waals surface area contributed by atoms with E-state index in [-0.39, 0.29) is 11.5 Å². The Hall–Kier alpha value is -0.920. The van der Waals surface area contributed by atoms with Gasteiger partial charge in [-0.25, -0.2) is 5.43 Å². The summed E-state index contributed by atoms with van der Waals surface area (Å²) in [5.74, 6) is -0.908. The van der Waals surface area contributed by atoms with E-state index >= 15 is 0 Å². The van der Waals surface area contributed by atoms with Gasteiger partial charge in [0.25, 0.3) is 16.0 Å². The summed E-state index contributed by atoms with van der Waals surface area (Å²) < 4.78 is 30.6. The zero-order chi connectivity index (χ0) is 12.2. The summed E-state index contributed by atoms with van der Waals surface area (Å²) in [4.78, 5) is 11.0. The van der Waals surface area contributed by atoms with Crippen LogP contribution < -0.4 is 10.9 Å². The second-order valence-corrected chi connectivity index (χ2v) is 5.10. The maximum atomic E-state index is 11.0. The van der Waals surface area contributed by atoms with E-state index in [1.807, 2.05) is 0 Å². The molecule has 0 fully saturated rings. The van der Waals surface area contributed by atoms with Gasteiger partial charge < -0.3 is 0 Å². The molecule has 6 nitrogen and oxygen atoms in total. The molecular weight excluding hydrogens is 220 g/mol. The number of hydrogen-bond acceptors (Lipinski definition) is 4. The van der Waals surface area contributed by atoms with Gasteiger partial charge in [0, 0.05) is 5.57 Å². The van der Waals surface area contributed by atoms with Gasteiger partial charge in [-0.1, -0.05) is 20.4 Å². The highest BCUT2D eigenvalue weighted by atomic mass is 32.2. The molecule has 88 valence electrons. The first-order valence-electron chi connectivity index (χ1n) is 4.34. The molecule has 1 unspecified atom stereocenters. The van der Waals surface area contributed by atoms with Gasteiger partial charge in [-0.15, -0.1) is 0 Å². The quantitative estimate of drug-likeness (QED) is 0.356. The van der Waals surface area contributed by atoms with Crippen LogP contribution in [-0.4, -0.2) is 24.3 Å². The molecule has 0 aromatic rings. The van der Waals surface area contributed by atoms with Gasteiger partial charge in [-0.3, -0.25) is 14.8 Å². The monoisotopic (exact) mass is 236 g/mol. The first-order valence-corrected chi connectivity index (χ1v) is 5.84. The maximum absolute atomic E-state index is 11.0. The van der Waals surface area contributed by atoms with E-state index in [2.05, 4.69) is 17.4 Å². The van der Waals surface area contributed by atoms with Gasteiger partial charge in [0.05, 0.1) is 0 Å². The lowest BCUT2D eigenvalue weighted by Crippen LogP contribution is -2.50. The van der Waals surface area contributed by atoms with Crippen LogP contribution in [0.2, 0.25) is 0 Å². The van der Waals surface area contributed by atoms with Crippen LogP contribution in [0.1, 0.15) is 20.8 Å². The van der Waals surface area contributed by atoms with Crippen LogP contribution in [0.5, 0.6) is 0 Å². The third kappa shape index (κ3) is 4.91. The molecule has 7 heteroatoms. The Kier molecular flexibility index (Phi) is 4.92. The van der Waals surface area contributed by atoms with Crippen molar-refractivity contribution in [1.82, 2.24) is 10.9 Å². The molecule has 1 atom stereocenters. The van der Waals surface area contributed by atoms with Crippen LogP contribution in [0.4, 0.5) is 0 Å². The molecule has 0 bridgehead atoms. The fraction of sp³-hybridized carbons (Fsp3) is 0.625. The van der Waals surface area contributed by atoms with Crippen molar-refractivity contribution in [2.75, 3.05) is 0 Å². The van der Waals surface area contributed by atoms with Gasteiger partial charge in [-0.05, 0) is 12.8 Å². The van der Waals surface area contributed by atoms with Crippen molar-refractivity contribution in [3.05, 3.63) is 12.2 Å². The van der Waals surface area contributed by atoms with E-state index in [0.717, 1.165) is 0 Å². The Morgan fingerprint density at radius 3 is 2.13 bits per heavy atom.